The number of nitrogens with one attached hydrogen (secondary N) is 1. The fourth-order valence-corrected chi connectivity index (χ4v) is 5.35. The number of rotatable bonds is 5. The van der Waals surface area contributed by atoms with Gasteiger partial charge in [-0.3, -0.25) is 9.12 Å². The van der Waals surface area contributed by atoms with Crippen LogP contribution in [0.4, 0.5) is 5.69 Å². The first-order chi connectivity index (χ1) is 13.9. The van der Waals surface area contributed by atoms with E-state index >= 15 is 0 Å². The number of sulfonamides is 1. The largest absolute Gasteiger partial charge is 0.465 e. The lowest BCUT2D eigenvalue weighted by molar-refractivity contribution is 0.0602. The first kappa shape index (κ1) is 19.1. The van der Waals surface area contributed by atoms with Crippen LogP contribution in [-0.2, 0) is 14.8 Å². The molecule has 3 aromatic heterocycles. The Morgan fingerprint density at radius 3 is 2.83 bits per heavy atom. The number of hydrogen-bond donors (Lipinski definition) is 1. The van der Waals surface area contributed by atoms with Crippen molar-refractivity contribution in [1.29, 1.82) is 0 Å². The average Bonchev–Trinajstić information content (AvgIpc) is 3.33. The van der Waals surface area contributed by atoms with Crippen molar-refractivity contribution < 1.29 is 17.9 Å². The number of benzene rings is 1. The van der Waals surface area contributed by atoms with E-state index in [0.717, 1.165) is 22.6 Å². The van der Waals surface area contributed by atoms with E-state index in [0.29, 0.717) is 17.2 Å². The Morgan fingerprint density at radius 2 is 2.07 bits per heavy atom. The van der Waals surface area contributed by atoms with Gasteiger partial charge in [0.1, 0.15) is 9.77 Å². The number of carbonyl (C=O) groups is 1. The number of thiophene rings is 1. The lowest BCUT2D eigenvalue weighted by atomic mass is 10.1. The average molecular weight is 428 g/mol. The zero-order valence-corrected chi connectivity index (χ0v) is 17.1. The molecule has 0 amide bonds. The summed E-state index contributed by atoms with van der Waals surface area (Å²) in [5.74, 6) is -0.131. The molecule has 4 aromatic rings. The van der Waals surface area contributed by atoms with E-state index in [1.54, 1.807) is 24.4 Å². The van der Waals surface area contributed by atoms with Crippen molar-refractivity contribution in [2.45, 2.75) is 11.8 Å². The number of esters is 1. The van der Waals surface area contributed by atoms with Crippen LogP contribution in [0.15, 0.2) is 59.1 Å². The number of hydrogen-bond acceptors (Lipinski definition) is 7. The Labute approximate surface area is 170 Å². The van der Waals surface area contributed by atoms with E-state index in [1.165, 1.54) is 18.6 Å². The number of imidazole rings is 1. The van der Waals surface area contributed by atoms with Crippen LogP contribution in [0.2, 0.25) is 0 Å². The van der Waals surface area contributed by atoms with Gasteiger partial charge < -0.3 is 4.74 Å². The SMILES string of the molecule is COC(=O)c1sccc1S(=O)(=O)Nc1cccc(-c2nc3ncccn3c2C)c1. The minimum atomic E-state index is -3.97. The monoisotopic (exact) mass is 428 g/mol. The highest BCUT2D eigenvalue weighted by Gasteiger charge is 2.25. The third kappa shape index (κ3) is 3.47. The zero-order chi connectivity index (χ0) is 20.6. The molecule has 1 N–H and O–H groups in total. The molecule has 0 saturated carbocycles. The standard InChI is InChI=1S/C19H16N4O4S2/c1-12-16(21-19-20-8-4-9-23(12)19)13-5-3-6-14(11-13)22-29(25,26)15-7-10-28-17(15)18(24)27-2/h3-11,22H,1-2H3. The molecule has 3 heterocycles. The molecule has 8 nitrogen and oxygen atoms in total. The normalized spacial score (nSPS) is 11.5. The molecule has 0 aliphatic rings. The molecule has 0 atom stereocenters. The summed E-state index contributed by atoms with van der Waals surface area (Å²) >= 11 is 1.01. The van der Waals surface area contributed by atoms with Crippen molar-refractivity contribution in [2.75, 3.05) is 11.8 Å². The fourth-order valence-electron chi connectivity index (χ4n) is 2.97. The van der Waals surface area contributed by atoms with Crippen molar-refractivity contribution in [1.82, 2.24) is 14.4 Å². The lowest BCUT2D eigenvalue weighted by Gasteiger charge is -2.09. The summed E-state index contributed by atoms with van der Waals surface area (Å²) in [6.07, 6.45) is 3.53. The van der Waals surface area contributed by atoms with Crippen LogP contribution in [0.1, 0.15) is 15.4 Å². The van der Waals surface area contributed by atoms with Crippen molar-refractivity contribution in [3.8, 4) is 11.3 Å². The number of aromatic nitrogens is 3. The van der Waals surface area contributed by atoms with Crippen LogP contribution >= 0.6 is 11.3 Å². The highest BCUT2D eigenvalue weighted by Crippen LogP contribution is 2.28. The van der Waals surface area contributed by atoms with Gasteiger partial charge in [-0.1, -0.05) is 12.1 Å². The summed E-state index contributed by atoms with van der Waals surface area (Å²) in [5.41, 5.74) is 2.69. The smallest absolute Gasteiger partial charge is 0.349 e. The highest BCUT2D eigenvalue weighted by molar-refractivity contribution is 7.93. The van der Waals surface area contributed by atoms with E-state index in [-0.39, 0.29) is 9.77 Å². The molecule has 10 heteroatoms. The lowest BCUT2D eigenvalue weighted by Crippen LogP contribution is -2.15. The number of fused-ring (bicyclic) bond motifs is 1. The Morgan fingerprint density at radius 1 is 1.24 bits per heavy atom. The second kappa shape index (κ2) is 7.30. The van der Waals surface area contributed by atoms with Gasteiger partial charge in [-0.15, -0.1) is 11.3 Å². The topological polar surface area (TPSA) is 103 Å². The van der Waals surface area contributed by atoms with Gasteiger partial charge in [0.25, 0.3) is 10.0 Å². The van der Waals surface area contributed by atoms with E-state index in [2.05, 4.69) is 19.4 Å². The molecular formula is C19H16N4O4S2. The van der Waals surface area contributed by atoms with Crippen LogP contribution < -0.4 is 4.72 Å². The van der Waals surface area contributed by atoms with Crippen molar-refractivity contribution in [3.63, 3.8) is 0 Å². The second-order valence-corrected chi connectivity index (χ2v) is 8.69. The summed E-state index contributed by atoms with van der Waals surface area (Å²) in [6, 6.07) is 10.1. The van der Waals surface area contributed by atoms with Crippen molar-refractivity contribution in [3.05, 3.63) is 64.7 Å². The van der Waals surface area contributed by atoms with Crippen LogP contribution in [0.5, 0.6) is 0 Å². The summed E-state index contributed by atoms with van der Waals surface area (Å²) in [5, 5.41) is 1.53. The van der Waals surface area contributed by atoms with Crippen molar-refractivity contribution >= 4 is 38.8 Å². The quantitative estimate of drug-likeness (QED) is 0.489. The molecule has 0 aliphatic heterocycles. The number of nitrogens with zero attached hydrogens (tertiary/aromatic N) is 3. The summed E-state index contributed by atoms with van der Waals surface area (Å²) in [7, 11) is -2.76. The summed E-state index contributed by atoms with van der Waals surface area (Å²) in [4.78, 5) is 20.5. The molecule has 1 aromatic carbocycles. The van der Waals surface area contributed by atoms with Crippen LogP contribution in [0, 0.1) is 6.92 Å². The minimum absolute atomic E-state index is 0.0263. The van der Waals surface area contributed by atoms with E-state index in [9.17, 15) is 13.2 Å². The van der Waals surface area contributed by atoms with Gasteiger partial charge in [-0.05, 0) is 36.6 Å². The molecule has 0 spiro atoms. The van der Waals surface area contributed by atoms with E-state index in [1.807, 2.05) is 29.7 Å². The third-order valence-corrected chi connectivity index (χ3v) is 6.77. The highest BCUT2D eigenvalue weighted by atomic mass is 32.2. The Bertz CT molecular complexity index is 1320. The second-order valence-electron chi connectivity index (χ2n) is 6.13. The zero-order valence-electron chi connectivity index (χ0n) is 15.5. The number of ether oxygens (including phenoxy) is 1. The maximum Gasteiger partial charge on any atom is 0.349 e. The third-order valence-electron chi connectivity index (χ3n) is 4.32. The summed E-state index contributed by atoms with van der Waals surface area (Å²) in [6.45, 7) is 1.92. The first-order valence-corrected chi connectivity index (χ1v) is 10.9. The fraction of sp³-hybridized carbons (Fsp3) is 0.105. The molecule has 0 radical (unpaired) electrons. The predicted molar refractivity (Wildman–Crippen MR) is 110 cm³/mol. The predicted octanol–water partition coefficient (Wildman–Crippen LogP) is 3.35. The van der Waals surface area contributed by atoms with E-state index < -0.39 is 16.0 Å². The maximum atomic E-state index is 12.8. The van der Waals surface area contributed by atoms with Crippen LogP contribution in [-0.4, -0.2) is 35.9 Å². The van der Waals surface area contributed by atoms with Gasteiger partial charge in [-0.2, -0.15) is 0 Å². The molecule has 29 heavy (non-hydrogen) atoms. The molecule has 148 valence electrons. The van der Waals surface area contributed by atoms with Gasteiger partial charge in [-0.25, -0.2) is 23.2 Å². The van der Waals surface area contributed by atoms with Gasteiger partial charge >= 0.3 is 5.97 Å². The van der Waals surface area contributed by atoms with Gasteiger partial charge in [0.15, 0.2) is 0 Å². The molecule has 0 aliphatic carbocycles. The summed E-state index contributed by atoms with van der Waals surface area (Å²) < 4.78 is 34.7. The van der Waals surface area contributed by atoms with Gasteiger partial charge in [0, 0.05) is 29.3 Å². The molecule has 0 bridgehead atoms. The number of carbonyl (C=O) groups excluding carboxylic acids is 1. The molecule has 0 fully saturated rings. The molecule has 4 rings (SSSR count). The Balaban J connectivity index is 1.70. The van der Waals surface area contributed by atoms with Crippen LogP contribution in [0.3, 0.4) is 0 Å². The Kier molecular flexibility index (Phi) is 4.81. The maximum absolute atomic E-state index is 12.8. The number of anilines is 1. The van der Waals surface area contributed by atoms with Gasteiger partial charge in [0.2, 0.25) is 5.78 Å². The number of aryl methyl sites for hydroxylation is 1. The van der Waals surface area contributed by atoms with Gasteiger partial charge in [0.05, 0.1) is 12.8 Å². The number of methoxy groups -OCH3 is 1. The molecular weight excluding hydrogens is 412 g/mol. The molecule has 0 saturated heterocycles. The molecule has 0 unspecified atom stereocenters. The minimum Gasteiger partial charge on any atom is -0.465 e. The first-order valence-electron chi connectivity index (χ1n) is 8.49. The van der Waals surface area contributed by atoms with Crippen molar-refractivity contribution in [2.24, 2.45) is 0 Å². The van der Waals surface area contributed by atoms with Crippen LogP contribution in [0.25, 0.3) is 17.0 Å². The van der Waals surface area contributed by atoms with E-state index in [4.69, 9.17) is 0 Å². The Hall–Kier alpha value is -3.24.